The van der Waals surface area contributed by atoms with E-state index in [2.05, 4.69) is 5.32 Å². The van der Waals surface area contributed by atoms with Gasteiger partial charge in [-0.3, -0.25) is 4.79 Å². The number of nitrogens with one attached hydrogen (secondary N) is 1. The quantitative estimate of drug-likeness (QED) is 0.745. The van der Waals surface area contributed by atoms with Crippen molar-refractivity contribution in [2.75, 3.05) is 12.3 Å². The monoisotopic (exact) mass is 282 g/mol. The van der Waals surface area contributed by atoms with Crippen molar-refractivity contribution < 1.29 is 9.90 Å². The number of carbonyl (C=O) groups excluding carboxylic acids is 1. The van der Waals surface area contributed by atoms with E-state index in [4.69, 9.17) is 17.3 Å². The molecule has 1 aliphatic carbocycles. The fourth-order valence-electron chi connectivity index (χ4n) is 2.50. The number of anilines is 1. The van der Waals surface area contributed by atoms with Gasteiger partial charge in [0.15, 0.2) is 0 Å². The van der Waals surface area contributed by atoms with E-state index in [9.17, 15) is 9.90 Å². The molecule has 2 rings (SSSR count). The molecule has 0 heterocycles. The number of hydrogen-bond donors (Lipinski definition) is 3. The Morgan fingerprint density at radius 3 is 2.68 bits per heavy atom. The molecule has 0 bridgehead atoms. The average Bonchev–Trinajstić information content (AvgIpc) is 2.37. The Hall–Kier alpha value is -1.26. The van der Waals surface area contributed by atoms with E-state index in [1.807, 2.05) is 0 Å². The second-order valence-electron chi connectivity index (χ2n) is 5.17. The summed E-state index contributed by atoms with van der Waals surface area (Å²) in [5.41, 5.74) is 5.60. The molecule has 4 nitrogen and oxygen atoms in total. The Morgan fingerprint density at radius 1 is 1.37 bits per heavy atom. The fraction of sp³-hybridized carbons (Fsp3) is 0.500. The van der Waals surface area contributed by atoms with Crippen LogP contribution >= 0.6 is 11.6 Å². The van der Waals surface area contributed by atoms with Crippen LogP contribution < -0.4 is 11.1 Å². The van der Waals surface area contributed by atoms with Crippen LogP contribution in [0.3, 0.4) is 0 Å². The fourth-order valence-corrected chi connectivity index (χ4v) is 2.77. The Morgan fingerprint density at radius 2 is 2.05 bits per heavy atom. The first-order valence-electron chi connectivity index (χ1n) is 6.56. The molecule has 0 saturated heterocycles. The number of hydrogen-bond acceptors (Lipinski definition) is 3. The third-order valence-corrected chi connectivity index (χ3v) is 3.95. The van der Waals surface area contributed by atoms with Gasteiger partial charge in [0.2, 0.25) is 0 Å². The Balaban J connectivity index is 2.01. The molecule has 1 aliphatic rings. The molecule has 1 fully saturated rings. The van der Waals surface area contributed by atoms with E-state index < -0.39 is 5.60 Å². The van der Waals surface area contributed by atoms with Gasteiger partial charge in [-0.05, 0) is 25.0 Å². The lowest BCUT2D eigenvalue weighted by molar-refractivity contribution is 0.00526. The van der Waals surface area contributed by atoms with Crippen LogP contribution in [-0.2, 0) is 0 Å². The number of carbonyl (C=O) groups is 1. The van der Waals surface area contributed by atoms with Gasteiger partial charge in [-0.25, -0.2) is 0 Å². The summed E-state index contributed by atoms with van der Waals surface area (Å²) >= 11 is 5.98. The number of benzene rings is 1. The first-order chi connectivity index (χ1) is 9.02. The molecule has 19 heavy (non-hydrogen) atoms. The zero-order valence-electron chi connectivity index (χ0n) is 10.8. The van der Waals surface area contributed by atoms with Gasteiger partial charge in [0.25, 0.3) is 5.91 Å². The van der Waals surface area contributed by atoms with E-state index in [0.717, 1.165) is 32.1 Å². The van der Waals surface area contributed by atoms with Crippen molar-refractivity contribution in [2.24, 2.45) is 0 Å². The Bertz CT molecular complexity index is 450. The molecule has 0 spiro atoms. The van der Waals surface area contributed by atoms with E-state index in [0.29, 0.717) is 10.7 Å². The smallest absolute Gasteiger partial charge is 0.254 e. The maximum Gasteiger partial charge on any atom is 0.254 e. The summed E-state index contributed by atoms with van der Waals surface area (Å²) in [4.78, 5) is 12.1. The molecular formula is C14H19ClN2O2. The first kappa shape index (κ1) is 14.2. The SMILES string of the molecule is Nc1cccc(Cl)c1C(=O)NCC1(O)CCCCC1. The highest BCUT2D eigenvalue weighted by molar-refractivity contribution is 6.34. The van der Waals surface area contributed by atoms with Crippen LogP contribution in [-0.4, -0.2) is 23.2 Å². The highest BCUT2D eigenvalue weighted by Crippen LogP contribution is 2.28. The average molecular weight is 283 g/mol. The van der Waals surface area contributed by atoms with Crippen LogP contribution in [0.1, 0.15) is 42.5 Å². The zero-order chi connectivity index (χ0) is 13.9. The van der Waals surface area contributed by atoms with Gasteiger partial charge in [-0.15, -0.1) is 0 Å². The molecule has 1 aromatic carbocycles. The summed E-state index contributed by atoms with van der Waals surface area (Å²) in [6.07, 6.45) is 4.60. The number of amides is 1. The molecule has 5 heteroatoms. The number of nitrogens with two attached hydrogens (primary N) is 1. The minimum absolute atomic E-state index is 0.247. The maximum absolute atomic E-state index is 12.1. The molecular weight excluding hydrogens is 264 g/mol. The van der Waals surface area contributed by atoms with Crippen molar-refractivity contribution in [1.29, 1.82) is 0 Å². The molecule has 0 aromatic heterocycles. The summed E-state index contributed by atoms with van der Waals surface area (Å²) in [7, 11) is 0. The second-order valence-corrected chi connectivity index (χ2v) is 5.58. The largest absolute Gasteiger partial charge is 0.398 e. The van der Waals surface area contributed by atoms with E-state index in [1.54, 1.807) is 18.2 Å². The van der Waals surface area contributed by atoms with Gasteiger partial charge in [0.1, 0.15) is 0 Å². The van der Waals surface area contributed by atoms with Gasteiger partial charge < -0.3 is 16.2 Å². The van der Waals surface area contributed by atoms with Crippen LogP contribution in [0.4, 0.5) is 5.69 Å². The molecule has 4 N–H and O–H groups in total. The summed E-state index contributed by atoms with van der Waals surface area (Å²) in [6, 6.07) is 4.96. The van der Waals surface area contributed by atoms with Crippen LogP contribution in [0.5, 0.6) is 0 Å². The molecule has 1 saturated carbocycles. The Kier molecular flexibility index (Phi) is 4.32. The topological polar surface area (TPSA) is 75.4 Å². The third-order valence-electron chi connectivity index (χ3n) is 3.64. The lowest BCUT2D eigenvalue weighted by Crippen LogP contribution is -2.44. The normalized spacial score (nSPS) is 18.0. The third kappa shape index (κ3) is 3.39. The van der Waals surface area contributed by atoms with Crippen LogP contribution in [0.25, 0.3) is 0 Å². The molecule has 104 valence electrons. The first-order valence-corrected chi connectivity index (χ1v) is 6.94. The summed E-state index contributed by atoms with van der Waals surface area (Å²) in [6.45, 7) is 0.247. The van der Waals surface area contributed by atoms with Crippen molar-refractivity contribution >= 4 is 23.2 Å². The molecule has 0 atom stereocenters. The lowest BCUT2D eigenvalue weighted by atomic mass is 9.85. The summed E-state index contributed by atoms with van der Waals surface area (Å²) in [5, 5.41) is 13.4. The molecule has 0 aliphatic heterocycles. The predicted molar refractivity (Wildman–Crippen MR) is 76.2 cm³/mol. The van der Waals surface area contributed by atoms with Gasteiger partial charge >= 0.3 is 0 Å². The van der Waals surface area contributed by atoms with Gasteiger partial charge in [-0.2, -0.15) is 0 Å². The molecule has 0 unspecified atom stereocenters. The highest BCUT2D eigenvalue weighted by Gasteiger charge is 2.29. The van der Waals surface area contributed by atoms with Crippen LogP contribution in [0.15, 0.2) is 18.2 Å². The van der Waals surface area contributed by atoms with E-state index in [1.165, 1.54) is 0 Å². The zero-order valence-corrected chi connectivity index (χ0v) is 11.5. The van der Waals surface area contributed by atoms with Crippen molar-refractivity contribution in [3.05, 3.63) is 28.8 Å². The van der Waals surface area contributed by atoms with Crippen LogP contribution in [0, 0.1) is 0 Å². The number of nitrogen functional groups attached to an aromatic ring is 1. The van der Waals surface area contributed by atoms with Gasteiger partial charge in [0.05, 0.1) is 16.2 Å². The maximum atomic E-state index is 12.1. The predicted octanol–water partition coefficient (Wildman–Crippen LogP) is 2.35. The van der Waals surface area contributed by atoms with E-state index >= 15 is 0 Å². The number of rotatable bonds is 3. The van der Waals surface area contributed by atoms with Crippen molar-refractivity contribution in [3.8, 4) is 0 Å². The van der Waals surface area contributed by atoms with Crippen molar-refractivity contribution in [2.45, 2.75) is 37.7 Å². The minimum Gasteiger partial charge on any atom is -0.398 e. The summed E-state index contributed by atoms with van der Waals surface area (Å²) < 4.78 is 0. The minimum atomic E-state index is -0.788. The van der Waals surface area contributed by atoms with Crippen molar-refractivity contribution in [1.82, 2.24) is 5.32 Å². The van der Waals surface area contributed by atoms with Gasteiger partial charge in [-0.1, -0.05) is 36.9 Å². The lowest BCUT2D eigenvalue weighted by Gasteiger charge is -2.32. The van der Waals surface area contributed by atoms with Gasteiger partial charge in [0, 0.05) is 12.2 Å². The molecule has 1 amide bonds. The van der Waals surface area contributed by atoms with E-state index in [-0.39, 0.29) is 18.0 Å². The molecule has 1 aromatic rings. The molecule has 0 radical (unpaired) electrons. The number of aliphatic hydroxyl groups is 1. The number of halogens is 1. The second kappa shape index (κ2) is 5.80. The van der Waals surface area contributed by atoms with Crippen LogP contribution in [0.2, 0.25) is 5.02 Å². The summed E-state index contributed by atoms with van der Waals surface area (Å²) in [5.74, 6) is -0.331. The van der Waals surface area contributed by atoms with Crippen molar-refractivity contribution in [3.63, 3.8) is 0 Å². The standard InChI is InChI=1S/C14H19ClN2O2/c15-10-5-4-6-11(16)12(10)13(18)17-9-14(19)7-2-1-3-8-14/h4-6,19H,1-3,7-9,16H2,(H,17,18). The highest BCUT2D eigenvalue weighted by atomic mass is 35.5. The Labute approximate surface area is 117 Å².